The van der Waals surface area contributed by atoms with Gasteiger partial charge in [0, 0.05) is 45.6 Å². The van der Waals surface area contributed by atoms with Gasteiger partial charge in [-0.1, -0.05) is 6.07 Å². The second-order valence-corrected chi connectivity index (χ2v) is 4.60. The van der Waals surface area contributed by atoms with Crippen LogP contribution in [0.3, 0.4) is 0 Å². The molecular weight excluding hydrogens is 278 g/mol. The van der Waals surface area contributed by atoms with Crippen LogP contribution in [0.2, 0.25) is 0 Å². The van der Waals surface area contributed by atoms with Crippen LogP contribution in [0, 0.1) is 0 Å². The van der Waals surface area contributed by atoms with E-state index in [2.05, 4.69) is 21.9 Å². The van der Waals surface area contributed by atoms with Crippen LogP contribution in [0.1, 0.15) is 5.56 Å². The minimum atomic E-state index is -2.65. The zero-order valence-electron chi connectivity index (χ0n) is 11.6. The van der Waals surface area contributed by atoms with Crippen LogP contribution in [0.5, 0.6) is 0 Å². The Hall–Kier alpha value is -2.09. The highest BCUT2D eigenvalue weighted by Gasteiger charge is 2.26. The number of nitrogens with two attached hydrogens (primary N) is 1. The molecule has 0 saturated carbocycles. The number of pyridine rings is 1. The molecule has 0 radical (unpaired) electrons. The Morgan fingerprint density at radius 3 is 2.52 bits per heavy atom. The predicted molar refractivity (Wildman–Crippen MR) is 78.9 cm³/mol. The summed E-state index contributed by atoms with van der Waals surface area (Å²) in [6.07, 6.45) is -0.918. The normalized spacial score (nSPS) is 16.5. The van der Waals surface area contributed by atoms with E-state index in [-0.39, 0.29) is 5.84 Å². The number of anilines is 1. The molecule has 2 rings (SSSR count). The molecule has 0 aromatic carbocycles. The number of hydrogen-bond donors (Lipinski definition) is 1. The zero-order chi connectivity index (χ0) is 15.2. The smallest absolute Gasteiger partial charge is 0.297 e. The maximum absolute atomic E-state index is 12.9. The van der Waals surface area contributed by atoms with Crippen molar-refractivity contribution in [2.24, 2.45) is 15.9 Å². The van der Waals surface area contributed by atoms with Gasteiger partial charge >= 0.3 is 0 Å². The summed E-state index contributed by atoms with van der Waals surface area (Å²) in [5, 5.41) is 6.63. The maximum atomic E-state index is 12.9. The van der Waals surface area contributed by atoms with E-state index in [1.54, 1.807) is 6.20 Å². The van der Waals surface area contributed by atoms with Gasteiger partial charge in [0.15, 0.2) is 5.84 Å². The predicted octanol–water partition coefficient (Wildman–Crippen LogP) is 0.942. The molecule has 2 heterocycles. The molecule has 0 bridgehead atoms. The molecule has 0 unspecified atom stereocenters. The third-order valence-corrected chi connectivity index (χ3v) is 3.34. The third-order valence-electron chi connectivity index (χ3n) is 3.34. The number of rotatable bonds is 4. The highest BCUT2D eigenvalue weighted by atomic mass is 19.3. The lowest BCUT2D eigenvalue weighted by Crippen LogP contribution is -2.50. The van der Waals surface area contributed by atoms with Crippen LogP contribution in [0.4, 0.5) is 14.6 Å². The van der Waals surface area contributed by atoms with Gasteiger partial charge in [0.25, 0.3) is 6.43 Å². The maximum Gasteiger partial charge on any atom is 0.297 e. The molecule has 2 N–H and O–H groups in total. The second-order valence-electron chi connectivity index (χ2n) is 4.60. The minimum absolute atomic E-state index is 0.323. The van der Waals surface area contributed by atoms with E-state index in [9.17, 15) is 8.78 Å². The second kappa shape index (κ2) is 7.07. The quantitative estimate of drug-likeness (QED) is 0.510. The fourth-order valence-electron chi connectivity index (χ4n) is 2.21. The van der Waals surface area contributed by atoms with Gasteiger partial charge in [0.1, 0.15) is 5.82 Å². The van der Waals surface area contributed by atoms with Crippen molar-refractivity contribution >= 4 is 18.4 Å². The number of nitrogens with zero attached hydrogens (tertiary/aromatic N) is 5. The van der Waals surface area contributed by atoms with Crippen molar-refractivity contribution in [3.05, 3.63) is 23.9 Å². The largest absolute Gasteiger partial charge is 0.353 e. The Morgan fingerprint density at radius 1 is 1.33 bits per heavy atom. The summed E-state index contributed by atoms with van der Waals surface area (Å²) < 4.78 is 25.8. The van der Waals surface area contributed by atoms with Gasteiger partial charge in [-0.05, 0) is 11.6 Å². The number of halogens is 2. The molecule has 1 aromatic rings. The van der Waals surface area contributed by atoms with Crippen LogP contribution in [-0.2, 0) is 6.54 Å². The van der Waals surface area contributed by atoms with E-state index in [4.69, 9.17) is 5.73 Å². The van der Waals surface area contributed by atoms with Crippen molar-refractivity contribution < 1.29 is 8.78 Å². The number of piperazine rings is 1. The molecule has 0 aliphatic carbocycles. The van der Waals surface area contributed by atoms with Gasteiger partial charge < -0.3 is 15.5 Å². The molecule has 21 heavy (non-hydrogen) atoms. The van der Waals surface area contributed by atoms with E-state index in [0.29, 0.717) is 32.7 Å². The molecule has 6 nitrogen and oxygen atoms in total. The highest BCUT2D eigenvalue weighted by molar-refractivity contribution is 5.85. The number of amidine groups is 1. The molecule has 1 aliphatic heterocycles. The molecule has 0 atom stereocenters. The lowest BCUT2D eigenvalue weighted by molar-refractivity contribution is 0.197. The van der Waals surface area contributed by atoms with Crippen molar-refractivity contribution in [2.75, 3.05) is 31.1 Å². The first-order valence-corrected chi connectivity index (χ1v) is 6.62. The van der Waals surface area contributed by atoms with E-state index in [0.717, 1.165) is 11.4 Å². The molecule has 1 aliphatic rings. The molecule has 1 fully saturated rings. The fourth-order valence-corrected chi connectivity index (χ4v) is 2.21. The Kier molecular flexibility index (Phi) is 5.15. The SMILES string of the molecule is C=N/N=C(/C(F)F)N1CCN(c2ccc(CN)cn2)CC1. The fraction of sp³-hybridized carbons (Fsp3) is 0.462. The summed E-state index contributed by atoms with van der Waals surface area (Å²) >= 11 is 0. The lowest BCUT2D eigenvalue weighted by atomic mass is 10.2. The van der Waals surface area contributed by atoms with Gasteiger partial charge in [-0.25, -0.2) is 13.8 Å². The Labute approximate surface area is 122 Å². The third kappa shape index (κ3) is 3.72. The average molecular weight is 296 g/mol. The molecule has 0 spiro atoms. The Bertz CT molecular complexity index is 494. The van der Waals surface area contributed by atoms with Crippen molar-refractivity contribution in [1.82, 2.24) is 9.88 Å². The van der Waals surface area contributed by atoms with Crippen molar-refractivity contribution in [3.8, 4) is 0 Å². The van der Waals surface area contributed by atoms with Crippen molar-refractivity contribution in [2.45, 2.75) is 13.0 Å². The van der Waals surface area contributed by atoms with Gasteiger partial charge in [0.05, 0.1) is 0 Å². The van der Waals surface area contributed by atoms with Crippen LogP contribution >= 0.6 is 0 Å². The molecule has 8 heteroatoms. The molecular formula is C13H18F2N6. The molecule has 1 saturated heterocycles. The highest BCUT2D eigenvalue weighted by Crippen LogP contribution is 2.15. The zero-order valence-corrected chi connectivity index (χ0v) is 11.6. The van der Waals surface area contributed by atoms with Gasteiger partial charge in [-0.3, -0.25) is 0 Å². The number of hydrogen-bond acceptors (Lipinski definition) is 5. The Morgan fingerprint density at radius 2 is 2.05 bits per heavy atom. The molecule has 1 aromatic heterocycles. The van der Waals surface area contributed by atoms with Gasteiger partial charge in [-0.2, -0.15) is 5.10 Å². The lowest BCUT2D eigenvalue weighted by Gasteiger charge is -2.36. The summed E-state index contributed by atoms with van der Waals surface area (Å²) in [4.78, 5) is 7.91. The molecule has 114 valence electrons. The summed E-state index contributed by atoms with van der Waals surface area (Å²) in [6, 6.07) is 3.81. The van der Waals surface area contributed by atoms with Crippen LogP contribution in [0.15, 0.2) is 28.5 Å². The number of alkyl halides is 2. The van der Waals surface area contributed by atoms with E-state index in [1.807, 2.05) is 17.0 Å². The standard InChI is InChI=1S/C13H18F2N6/c1-17-19-13(12(14)15)21-6-4-20(5-7-21)11-3-2-10(8-16)9-18-11/h2-3,9,12H,1,4-8,16H2/b19-13-. The Balaban J connectivity index is 1.99. The van der Waals surface area contributed by atoms with Crippen molar-refractivity contribution in [1.29, 1.82) is 0 Å². The summed E-state index contributed by atoms with van der Waals surface area (Å²) in [6.45, 7) is 5.65. The van der Waals surface area contributed by atoms with E-state index < -0.39 is 6.43 Å². The summed E-state index contributed by atoms with van der Waals surface area (Å²) in [5.41, 5.74) is 6.49. The monoisotopic (exact) mass is 296 g/mol. The van der Waals surface area contributed by atoms with Crippen LogP contribution in [-0.4, -0.2) is 55.0 Å². The van der Waals surface area contributed by atoms with Crippen LogP contribution in [0.25, 0.3) is 0 Å². The van der Waals surface area contributed by atoms with E-state index >= 15 is 0 Å². The first-order valence-electron chi connectivity index (χ1n) is 6.62. The first-order chi connectivity index (χ1) is 10.2. The first kappa shape index (κ1) is 15.3. The van der Waals surface area contributed by atoms with Gasteiger partial charge in [-0.15, -0.1) is 5.10 Å². The van der Waals surface area contributed by atoms with Crippen molar-refractivity contribution in [3.63, 3.8) is 0 Å². The van der Waals surface area contributed by atoms with Gasteiger partial charge in [0.2, 0.25) is 0 Å². The molecule has 0 amide bonds. The summed E-state index contributed by atoms with van der Waals surface area (Å²) in [7, 11) is 0. The van der Waals surface area contributed by atoms with E-state index in [1.165, 1.54) is 4.90 Å². The minimum Gasteiger partial charge on any atom is -0.353 e. The summed E-state index contributed by atoms with van der Waals surface area (Å²) in [5.74, 6) is 0.500. The van der Waals surface area contributed by atoms with Crippen LogP contribution < -0.4 is 10.6 Å². The topological polar surface area (TPSA) is 70.1 Å². The number of aromatic nitrogens is 1. The average Bonchev–Trinajstić information content (AvgIpc) is 2.53.